The number of thioether (sulfide) groups is 1. The summed E-state index contributed by atoms with van der Waals surface area (Å²) in [7, 11) is -7.37. The van der Waals surface area contributed by atoms with Gasteiger partial charge in [-0.15, -0.1) is 0 Å². The van der Waals surface area contributed by atoms with Crippen LogP contribution in [-0.4, -0.2) is 73.3 Å². The van der Waals surface area contributed by atoms with Crippen LogP contribution in [0.25, 0.3) is 16.3 Å². The SMILES string of the molecule is COC(=O)c1ccc2sc(C=C(C)C=C3SC4C=CC(C)=CC4N3CCS(=O)(=O)[O-])[n+](CCS(=O)(=O)O)c2c1. The van der Waals surface area contributed by atoms with Crippen LogP contribution in [0.15, 0.2) is 58.7 Å². The Morgan fingerprint density at radius 2 is 2.00 bits per heavy atom. The van der Waals surface area contributed by atoms with Gasteiger partial charge in [-0.25, -0.2) is 13.2 Å². The summed E-state index contributed by atoms with van der Waals surface area (Å²) in [5, 5.41) is 1.58. The molecule has 210 valence electrons. The molecule has 2 heterocycles. The molecule has 0 radical (unpaired) electrons. The zero-order valence-corrected chi connectivity index (χ0v) is 24.7. The third-order valence-electron chi connectivity index (χ3n) is 6.23. The molecule has 2 aromatic rings. The van der Waals surface area contributed by atoms with Crippen molar-refractivity contribution in [2.24, 2.45) is 0 Å². The number of hydrogen-bond acceptors (Lipinski definition) is 10. The van der Waals surface area contributed by atoms with Gasteiger partial charge in [-0.1, -0.05) is 46.9 Å². The van der Waals surface area contributed by atoms with E-state index in [0.717, 1.165) is 20.9 Å². The van der Waals surface area contributed by atoms with Gasteiger partial charge in [0.05, 0.1) is 44.9 Å². The molecule has 0 amide bonds. The number of nitrogens with zero attached hydrogens (tertiary/aromatic N) is 2. The third-order valence-corrected chi connectivity index (χ3v) is 10.0. The standard InChI is InChI=1S/C25H28N2O8S4/c1-16-4-6-21-19(12-16)26(8-10-38(29,30)31)23(36-21)13-17(2)14-24-27(9-11-39(32,33)34)20-15-18(25(28)35-3)5-7-22(20)37-24/h4-7,12-15,19,21H,8-11H2,1-3H3,(H-,29,30,31,32,33,34). The molecule has 1 saturated heterocycles. The molecule has 0 spiro atoms. The van der Waals surface area contributed by atoms with Gasteiger partial charge in [0.1, 0.15) is 10.5 Å². The number of aromatic nitrogens is 1. The quantitative estimate of drug-likeness (QED) is 0.255. The van der Waals surface area contributed by atoms with Crippen molar-refractivity contribution in [1.29, 1.82) is 0 Å². The van der Waals surface area contributed by atoms with Gasteiger partial charge in [0.2, 0.25) is 5.52 Å². The van der Waals surface area contributed by atoms with Gasteiger partial charge in [0.15, 0.2) is 6.54 Å². The Kier molecular flexibility index (Phi) is 8.73. The van der Waals surface area contributed by atoms with E-state index in [4.69, 9.17) is 4.74 Å². The number of carbonyl (C=O) groups is 1. The second-order valence-corrected chi connectivity index (χ2v) is 14.6. The van der Waals surface area contributed by atoms with Gasteiger partial charge in [-0.2, -0.15) is 13.0 Å². The first-order chi connectivity index (χ1) is 18.2. The number of ether oxygens (including phenoxy) is 1. The molecule has 0 saturated carbocycles. The Hall–Kier alpha value is -2.49. The van der Waals surface area contributed by atoms with Crippen molar-refractivity contribution in [1.82, 2.24) is 4.90 Å². The molecule has 1 aromatic heterocycles. The second kappa shape index (κ2) is 11.6. The number of hydrogen-bond donors (Lipinski definition) is 1. The van der Waals surface area contributed by atoms with E-state index in [1.54, 1.807) is 34.5 Å². The van der Waals surface area contributed by atoms with E-state index in [2.05, 4.69) is 12.2 Å². The minimum absolute atomic E-state index is 0.0413. The summed E-state index contributed by atoms with van der Waals surface area (Å²) in [6, 6.07) is 4.92. The van der Waals surface area contributed by atoms with E-state index >= 15 is 0 Å². The van der Waals surface area contributed by atoms with E-state index < -0.39 is 37.7 Å². The summed E-state index contributed by atoms with van der Waals surface area (Å²) >= 11 is 2.97. The van der Waals surface area contributed by atoms with Crippen molar-refractivity contribution in [3.05, 3.63) is 69.2 Å². The average molecular weight is 613 g/mol. The predicted molar refractivity (Wildman–Crippen MR) is 151 cm³/mol. The van der Waals surface area contributed by atoms with Crippen LogP contribution < -0.4 is 4.57 Å². The number of fused-ring (bicyclic) bond motifs is 2. The lowest BCUT2D eigenvalue weighted by atomic mass is 10.0. The number of benzene rings is 1. The molecule has 1 aromatic carbocycles. The summed E-state index contributed by atoms with van der Waals surface area (Å²) in [6.45, 7) is 3.85. The first-order valence-corrected chi connectivity index (χ1v) is 16.8. The molecule has 0 bridgehead atoms. The van der Waals surface area contributed by atoms with E-state index in [9.17, 15) is 30.7 Å². The molecule has 1 N–H and O–H groups in total. The lowest BCUT2D eigenvalue weighted by Crippen LogP contribution is -2.38. The van der Waals surface area contributed by atoms with Crippen molar-refractivity contribution < 1.29 is 40.0 Å². The molecule has 1 aliphatic heterocycles. The highest BCUT2D eigenvalue weighted by Crippen LogP contribution is 2.43. The van der Waals surface area contributed by atoms with E-state index in [0.29, 0.717) is 16.1 Å². The Labute approximate surface area is 235 Å². The minimum Gasteiger partial charge on any atom is -0.748 e. The highest BCUT2D eigenvalue weighted by Gasteiger charge is 2.36. The van der Waals surface area contributed by atoms with Crippen molar-refractivity contribution in [3.63, 3.8) is 0 Å². The first-order valence-electron chi connectivity index (χ1n) is 11.9. The predicted octanol–water partition coefficient (Wildman–Crippen LogP) is 2.96. The zero-order chi connectivity index (χ0) is 28.5. The van der Waals surface area contributed by atoms with Gasteiger partial charge in [-0.05, 0) is 37.6 Å². The Balaban J connectivity index is 1.74. The van der Waals surface area contributed by atoms with Crippen LogP contribution in [0.3, 0.4) is 0 Å². The highest BCUT2D eigenvalue weighted by molar-refractivity contribution is 8.04. The Morgan fingerprint density at radius 1 is 1.26 bits per heavy atom. The minimum atomic E-state index is -4.40. The fourth-order valence-electron chi connectivity index (χ4n) is 4.42. The molecular weight excluding hydrogens is 585 g/mol. The summed E-state index contributed by atoms with van der Waals surface area (Å²) in [4.78, 5) is 14.0. The molecular formula is C25H28N2O8S4. The maximum atomic E-state index is 12.1. The second-order valence-electron chi connectivity index (χ2n) is 9.22. The molecule has 39 heavy (non-hydrogen) atoms. The van der Waals surface area contributed by atoms with Crippen molar-refractivity contribution >= 4 is 65.6 Å². The summed E-state index contributed by atoms with van der Waals surface area (Å²) in [5.41, 5.74) is 2.78. The Morgan fingerprint density at radius 3 is 2.67 bits per heavy atom. The monoisotopic (exact) mass is 612 g/mol. The van der Waals surface area contributed by atoms with Crippen LogP contribution in [0.2, 0.25) is 0 Å². The lowest BCUT2D eigenvalue weighted by Gasteiger charge is -2.28. The number of methoxy groups -OCH3 is 1. The summed E-state index contributed by atoms with van der Waals surface area (Å²) in [6.07, 6.45) is 9.91. The number of aryl methyl sites for hydroxylation is 1. The topological polar surface area (TPSA) is 145 Å². The molecule has 1 aliphatic carbocycles. The summed E-state index contributed by atoms with van der Waals surface area (Å²) in [5.74, 6) is -1.55. The van der Waals surface area contributed by atoms with Gasteiger partial charge >= 0.3 is 5.97 Å². The van der Waals surface area contributed by atoms with Gasteiger partial charge in [0, 0.05) is 18.7 Å². The normalized spacial score (nSPS) is 20.9. The van der Waals surface area contributed by atoms with Crippen molar-refractivity contribution in [2.75, 3.05) is 25.2 Å². The maximum Gasteiger partial charge on any atom is 0.338 e. The van der Waals surface area contributed by atoms with Gasteiger partial charge < -0.3 is 14.2 Å². The maximum absolute atomic E-state index is 12.1. The molecule has 1 fully saturated rings. The lowest BCUT2D eigenvalue weighted by molar-refractivity contribution is -0.664. The number of rotatable bonds is 9. The molecule has 2 atom stereocenters. The highest BCUT2D eigenvalue weighted by atomic mass is 32.2. The third kappa shape index (κ3) is 7.38. The van der Waals surface area contributed by atoms with E-state index in [-0.39, 0.29) is 24.4 Å². The van der Waals surface area contributed by atoms with Crippen LogP contribution in [0, 0.1) is 0 Å². The van der Waals surface area contributed by atoms with Crippen molar-refractivity contribution in [2.45, 2.75) is 31.7 Å². The molecule has 2 unspecified atom stereocenters. The smallest absolute Gasteiger partial charge is 0.338 e. The van der Waals surface area contributed by atoms with E-state index in [1.807, 2.05) is 37.0 Å². The average Bonchev–Trinajstić information content (AvgIpc) is 3.35. The molecule has 2 aliphatic rings. The van der Waals surface area contributed by atoms with Gasteiger partial charge in [0.25, 0.3) is 15.1 Å². The fraction of sp³-hybridized carbons (Fsp3) is 0.360. The molecule has 14 heteroatoms. The first kappa shape index (κ1) is 29.5. The largest absolute Gasteiger partial charge is 0.748 e. The van der Waals surface area contributed by atoms with Crippen LogP contribution in [0.4, 0.5) is 0 Å². The summed E-state index contributed by atoms with van der Waals surface area (Å²) < 4.78 is 73.9. The van der Waals surface area contributed by atoms with Gasteiger partial charge in [-0.3, -0.25) is 4.55 Å². The fourth-order valence-corrected chi connectivity index (χ4v) is 7.84. The van der Waals surface area contributed by atoms with Crippen LogP contribution >= 0.6 is 23.1 Å². The zero-order valence-electron chi connectivity index (χ0n) is 21.4. The Bertz CT molecular complexity index is 1630. The number of esters is 1. The van der Waals surface area contributed by atoms with Crippen LogP contribution in [0.1, 0.15) is 29.2 Å². The number of thiazole rings is 1. The molecule has 4 rings (SSSR count). The van der Waals surface area contributed by atoms with Crippen LogP contribution in [0.5, 0.6) is 0 Å². The van der Waals surface area contributed by atoms with Crippen LogP contribution in [-0.2, 0) is 31.5 Å². The number of allylic oxidation sites excluding steroid dienone is 4. The van der Waals surface area contributed by atoms with Crippen molar-refractivity contribution in [3.8, 4) is 0 Å². The van der Waals surface area contributed by atoms with E-state index in [1.165, 1.54) is 18.4 Å². The molecule has 10 nitrogen and oxygen atoms in total. The number of carbonyl (C=O) groups excluding carboxylic acids is 1.